The maximum Gasteiger partial charge on any atom is 0.119 e. The second-order valence-electron chi connectivity index (χ2n) is 6.84. The highest BCUT2D eigenvalue weighted by Gasteiger charge is 2.01. The molecule has 0 saturated carbocycles. The van der Waals surface area contributed by atoms with Crippen LogP contribution in [0.25, 0.3) is 10.8 Å². The Morgan fingerprint density at radius 2 is 1.12 bits per heavy atom. The number of benzene rings is 2. The van der Waals surface area contributed by atoms with Crippen LogP contribution in [-0.4, -0.2) is 26.9 Å². The summed E-state index contributed by atoms with van der Waals surface area (Å²) in [5.74, 6) is 1.90. The Morgan fingerprint density at radius 1 is 0.615 bits per heavy atom. The third-order valence-electron chi connectivity index (χ3n) is 4.56. The van der Waals surface area contributed by atoms with E-state index in [1.807, 2.05) is 0 Å². The van der Waals surface area contributed by atoms with E-state index in [9.17, 15) is 0 Å². The zero-order valence-corrected chi connectivity index (χ0v) is 16.5. The molecule has 2 aromatic rings. The first-order valence-electron chi connectivity index (χ1n) is 10.1. The number of fused-ring (bicyclic) bond motifs is 1. The maximum absolute atomic E-state index is 5.89. The van der Waals surface area contributed by atoms with Crippen molar-refractivity contribution in [2.24, 2.45) is 0 Å². The monoisotopic (exact) mass is 358 g/mol. The first kappa shape index (κ1) is 20.6. The van der Waals surface area contributed by atoms with Gasteiger partial charge in [-0.1, -0.05) is 44.7 Å². The summed E-state index contributed by atoms with van der Waals surface area (Å²) in [7, 11) is 1.76. The molecule has 0 N–H and O–H groups in total. The van der Waals surface area contributed by atoms with Gasteiger partial charge < -0.3 is 14.2 Å². The first-order chi connectivity index (χ1) is 12.8. The molecule has 3 nitrogen and oxygen atoms in total. The molecular weight excluding hydrogens is 324 g/mol. The summed E-state index contributed by atoms with van der Waals surface area (Å²) < 4.78 is 16.8. The van der Waals surface area contributed by atoms with E-state index in [1.54, 1.807) is 7.11 Å². The van der Waals surface area contributed by atoms with Gasteiger partial charge in [-0.05, 0) is 60.7 Å². The Balaban J connectivity index is 1.75. The van der Waals surface area contributed by atoms with Crippen LogP contribution in [0.15, 0.2) is 36.4 Å². The van der Waals surface area contributed by atoms with E-state index in [2.05, 4.69) is 43.3 Å². The summed E-state index contributed by atoms with van der Waals surface area (Å²) in [5, 5.41) is 2.39. The molecule has 0 amide bonds. The van der Waals surface area contributed by atoms with Gasteiger partial charge in [0.1, 0.15) is 11.5 Å². The van der Waals surface area contributed by atoms with Crippen LogP contribution in [0.3, 0.4) is 0 Å². The van der Waals surface area contributed by atoms with Crippen LogP contribution in [0.1, 0.15) is 58.3 Å². The molecule has 0 heterocycles. The largest absolute Gasteiger partial charge is 0.494 e. The molecule has 0 spiro atoms. The standard InChI is InChI=1S/C23H34O3/c1-3-4-5-9-16-25-22-13-11-21-19-23(14-12-20(21)18-22)26-17-10-7-6-8-15-24-2/h11-14,18-19H,3-10,15-17H2,1-2H3. The number of hydrogen-bond acceptors (Lipinski definition) is 3. The van der Waals surface area contributed by atoms with Crippen LogP contribution in [0, 0.1) is 0 Å². The first-order valence-corrected chi connectivity index (χ1v) is 10.1. The van der Waals surface area contributed by atoms with Gasteiger partial charge in [0, 0.05) is 13.7 Å². The Hall–Kier alpha value is -1.74. The molecule has 0 aliphatic heterocycles. The van der Waals surface area contributed by atoms with Crippen LogP contribution in [0.2, 0.25) is 0 Å². The van der Waals surface area contributed by atoms with Crippen LogP contribution >= 0.6 is 0 Å². The second kappa shape index (κ2) is 12.6. The lowest BCUT2D eigenvalue weighted by atomic mass is 10.1. The van der Waals surface area contributed by atoms with Gasteiger partial charge in [-0.3, -0.25) is 0 Å². The minimum atomic E-state index is 0.775. The lowest BCUT2D eigenvalue weighted by Gasteiger charge is -2.09. The summed E-state index contributed by atoms with van der Waals surface area (Å²) in [6.45, 7) is 4.66. The predicted molar refractivity (Wildman–Crippen MR) is 109 cm³/mol. The summed E-state index contributed by atoms with van der Waals surface area (Å²) in [6, 6.07) is 12.6. The lowest BCUT2D eigenvalue weighted by molar-refractivity contribution is 0.191. The fraction of sp³-hybridized carbons (Fsp3) is 0.565. The van der Waals surface area contributed by atoms with Crippen molar-refractivity contribution in [3.63, 3.8) is 0 Å². The number of hydrogen-bond donors (Lipinski definition) is 0. The van der Waals surface area contributed by atoms with Gasteiger partial charge in [0.15, 0.2) is 0 Å². The van der Waals surface area contributed by atoms with Crippen LogP contribution in [0.4, 0.5) is 0 Å². The predicted octanol–water partition coefficient (Wildman–Crippen LogP) is 6.38. The molecular formula is C23H34O3. The van der Waals surface area contributed by atoms with Crippen molar-refractivity contribution in [3.05, 3.63) is 36.4 Å². The molecule has 2 rings (SSSR count). The van der Waals surface area contributed by atoms with Crippen molar-refractivity contribution in [2.75, 3.05) is 26.9 Å². The van der Waals surface area contributed by atoms with E-state index in [1.165, 1.54) is 42.9 Å². The van der Waals surface area contributed by atoms with E-state index in [-0.39, 0.29) is 0 Å². The van der Waals surface area contributed by atoms with E-state index in [4.69, 9.17) is 14.2 Å². The quantitative estimate of drug-likeness (QED) is 0.366. The molecule has 0 aliphatic carbocycles. The van der Waals surface area contributed by atoms with Crippen LogP contribution in [-0.2, 0) is 4.74 Å². The van der Waals surface area contributed by atoms with Crippen molar-refractivity contribution in [2.45, 2.75) is 58.3 Å². The number of rotatable bonds is 14. The van der Waals surface area contributed by atoms with Gasteiger partial charge in [0.25, 0.3) is 0 Å². The molecule has 0 radical (unpaired) electrons. The average molecular weight is 359 g/mol. The molecule has 2 aromatic carbocycles. The Bertz CT molecular complexity index is 624. The maximum atomic E-state index is 5.89. The molecule has 26 heavy (non-hydrogen) atoms. The smallest absolute Gasteiger partial charge is 0.119 e. The van der Waals surface area contributed by atoms with E-state index in [0.717, 1.165) is 50.6 Å². The van der Waals surface area contributed by atoms with Crippen molar-refractivity contribution in [1.82, 2.24) is 0 Å². The molecule has 0 aliphatic rings. The highest BCUT2D eigenvalue weighted by molar-refractivity contribution is 5.85. The SMILES string of the molecule is CCCCCCOc1ccc2cc(OCCCCCCOC)ccc2c1. The van der Waals surface area contributed by atoms with E-state index in [0.29, 0.717) is 0 Å². The fourth-order valence-electron chi connectivity index (χ4n) is 2.99. The molecule has 0 fully saturated rings. The fourth-order valence-corrected chi connectivity index (χ4v) is 2.99. The Kier molecular flexibility index (Phi) is 9.96. The van der Waals surface area contributed by atoms with Crippen LogP contribution in [0.5, 0.6) is 11.5 Å². The summed E-state index contributed by atoms with van der Waals surface area (Å²) in [5.41, 5.74) is 0. The zero-order chi connectivity index (χ0) is 18.5. The number of methoxy groups -OCH3 is 1. The highest BCUT2D eigenvalue weighted by Crippen LogP contribution is 2.25. The van der Waals surface area contributed by atoms with E-state index < -0.39 is 0 Å². The van der Waals surface area contributed by atoms with Gasteiger partial charge in [0.2, 0.25) is 0 Å². The normalized spacial score (nSPS) is 11.0. The van der Waals surface area contributed by atoms with Gasteiger partial charge in [-0.2, -0.15) is 0 Å². The highest BCUT2D eigenvalue weighted by atomic mass is 16.5. The van der Waals surface area contributed by atoms with Gasteiger partial charge in [0.05, 0.1) is 13.2 Å². The molecule has 0 bridgehead atoms. The van der Waals surface area contributed by atoms with Crippen molar-refractivity contribution in [3.8, 4) is 11.5 Å². The number of ether oxygens (including phenoxy) is 3. The average Bonchev–Trinajstić information content (AvgIpc) is 2.67. The zero-order valence-electron chi connectivity index (χ0n) is 16.5. The van der Waals surface area contributed by atoms with Crippen molar-refractivity contribution >= 4 is 10.8 Å². The summed E-state index contributed by atoms with van der Waals surface area (Å²) in [6.07, 6.45) is 9.54. The Labute approximate surface area is 158 Å². The second-order valence-corrected chi connectivity index (χ2v) is 6.84. The number of unbranched alkanes of at least 4 members (excludes halogenated alkanes) is 6. The van der Waals surface area contributed by atoms with E-state index >= 15 is 0 Å². The van der Waals surface area contributed by atoms with Crippen molar-refractivity contribution < 1.29 is 14.2 Å². The molecule has 0 saturated heterocycles. The molecule has 0 atom stereocenters. The molecule has 0 aromatic heterocycles. The third kappa shape index (κ3) is 7.65. The van der Waals surface area contributed by atoms with Crippen LogP contribution < -0.4 is 9.47 Å². The van der Waals surface area contributed by atoms with Crippen molar-refractivity contribution in [1.29, 1.82) is 0 Å². The third-order valence-corrected chi connectivity index (χ3v) is 4.56. The lowest BCUT2D eigenvalue weighted by Crippen LogP contribution is -1.98. The van der Waals surface area contributed by atoms with Gasteiger partial charge in [-0.15, -0.1) is 0 Å². The Morgan fingerprint density at radius 3 is 1.62 bits per heavy atom. The minimum absolute atomic E-state index is 0.775. The molecule has 144 valence electrons. The molecule has 3 heteroatoms. The summed E-state index contributed by atoms with van der Waals surface area (Å²) in [4.78, 5) is 0. The van der Waals surface area contributed by atoms with Gasteiger partial charge >= 0.3 is 0 Å². The minimum Gasteiger partial charge on any atom is -0.494 e. The topological polar surface area (TPSA) is 27.7 Å². The summed E-state index contributed by atoms with van der Waals surface area (Å²) >= 11 is 0. The van der Waals surface area contributed by atoms with Gasteiger partial charge in [-0.25, -0.2) is 0 Å². The molecule has 0 unspecified atom stereocenters.